The van der Waals surface area contributed by atoms with Gasteiger partial charge in [0.25, 0.3) is 11.1 Å². The number of anilines is 3. The molecule has 2 aromatic rings. The number of amides is 2. The second-order valence-electron chi connectivity index (χ2n) is 7.59. The number of aromatic nitrogens is 3. The molecule has 5 heterocycles. The molecule has 3 fully saturated rings. The summed E-state index contributed by atoms with van der Waals surface area (Å²) in [5.41, 5.74) is 1.72. The van der Waals surface area contributed by atoms with Gasteiger partial charge in [-0.15, -0.1) is 0 Å². The standard InChI is InChI=1S/C21H23N7O3S/c29-19-17(32-21(30)25-19)12-15-13-18(27-8-10-31-11-9-27)24-20(23-15)28-6-4-26(5-7-28)16-2-1-3-22-14-16/h1-3,12-14H,4-11H2,(H,25,29,30)/b17-12+. The van der Waals surface area contributed by atoms with Crippen molar-refractivity contribution in [2.24, 2.45) is 0 Å². The monoisotopic (exact) mass is 453 g/mol. The molecule has 3 aliphatic heterocycles. The van der Waals surface area contributed by atoms with E-state index in [4.69, 9.17) is 14.7 Å². The SMILES string of the molecule is O=C1NC(=O)/C(=C\c2cc(N3CCOCC3)nc(N3CCN(c4cccnc4)CC3)n2)S1. The maximum Gasteiger partial charge on any atom is 0.290 e. The van der Waals surface area contributed by atoms with Crippen molar-refractivity contribution in [2.75, 3.05) is 67.2 Å². The molecule has 1 N–H and O–H groups in total. The fourth-order valence-corrected chi connectivity index (χ4v) is 4.54. The molecular formula is C21H23N7O3S. The van der Waals surface area contributed by atoms with Crippen LogP contribution in [0.15, 0.2) is 35.5 Å². The summed E-state index contributed by atoms with van der Waals surface area (Å²) in [5, 5.41) is 1.92. The maximum absolute atomic E-state index is 12.0. The summed E-state index contributed by atoms with van der Waals surface area (Å²) < 4.78 is 5.47. The Labute approximate surface area is 189 Å². The Bertz CT molecular complexity index is 1030. The van der Waals surface area contributed by atoms with E-state index in [1.807, 2.05) is 18.3 Å². The molecule has 0 aliphatic carbocycles. The lowest BCUT2D eigenvalue weighted by atomic mass is 10.2. The van der Waals surface area contributed by atoms with Gasteiger partial charge >= 0.3 is 0 Å². The van der Waals surface area contributed by atoms with Gasteiger partial charge in [0.15, 0.2) is 0 Å². The van der Waals surface area contributed by atoms with Crippen LogP contribution in [0.1, 0.15) is 5.69 Å². The van der Waals surface area contributed by atoms with Crippen LogP contribution in [0.3, 0.4) is 0 Å². The number of morpholine rings is 1. The van der Waals surface area contributed by atoms with Crippen molar-refractivity contribution < 1.29 is 14.3 Å². The lowest BCUT2D eigenvalue weighted by molar-refractivity contribution is -0.115. The zero-order chi connectivity index (χ0) is 21.9. The second-order valence-corrected chi connectivity index (χ2v) is 8.60. The molecule has 3 saturated heterocycles. The molecule has 0 spiro atoms. The molecule has 11 heteroatoms. The smallest absolute Gasteiger partial charge is 0.290 e. The number of carbonyl (C=O) groups excluding carboxylic acids is 2. The molecule has 5 rings (SSSR count). The van der Waals surface area contributed by atoms with Gasteiger partial charge in [-0.3, -0.25) is 19.9 Å². The number of piperazine rings is 1. The van der Waals surface area contributed by atoms with Crippen LogP contribution in [-0.2, 0) is 9.53 Å². The quantitative estimate of drug-likeness (QED) is 0.683. The Morgan fingerprint density at radius 2 is 1.78 bits per heavy atom. The zero-order valence-electron chi connectivity index (χ0n) is 17.4. The van der Waals surface area contributed by atoms with E-state index < -0.39 is 5.91 Å². The Hall–Kier alpha value is -3.18. The number of carbonyl (C=O) groups is 2. The first-order chi connectivity index (χ1) is 15.7. The van der Waals surface area contributed by atoms with E-state index in [0.29, 0.717) is 29.8 Å². The maximum atomic E-state index is 12.0. The molecule has 0 bridgehead atoms. The molecule has 0 radical (unpaired) electrons. The third-order valence-electron chi connectivity index (χ3n) is 5.55. The first kappa shape index (κ1) is 20.7. The van der Waals surface area contributed by atoms with Crippen molar-refractivity contribution in [3.8, 4) is 0 Å². The molecular weight excluding hydrogens is 430 g/mol. The number of imide groups is 1. The van der Waals surface area contributed by atoms with Gasteiger partial charge in [0.1, 0.15) is 5.82 Å². The van der Waals surface area contributed by atoms with Crippen LogP contribution in [0.2, 0.25) is 0 Å². The van der Waals surface area contributed by atoms with E-state index in [1.54, 1.807) is 12.3 Å². The summed E-state index contributed by atoms with van der Waals surface area (Å²) in [6, 6.07) is 5.87. The Balaban J connectivity index is 1.40. The lowest BCUT2D eigenvalue weighted by Crippen LogP contribution is -2.47. The number of rotatable bonds is 4. The summed E-state index contributed by atoms with van der Waals surface area (Å²) in [7, 11) is 0. The average Bonchev–Trinajstić information content (AvgIpc) is 3.16. The number of thioether (sulfide) groups is 1. The van der Waals surface area contributed by atoms with Crippen molar-refractivity contribution in [1.29, 1.82) is 0 Å². The van der Waals surface area contributed by atoms with Crippen molar-refractivity contribution in [2.45, 2.75) is 0 Å². The fraction of sp³-hybridized carbons (Fsp3) is 0.381. The van der Waals surface area contributed by atoms with E-state index in [1.165, 1.54) is 0 Å². The van der Waals surface area contributed by atoms with Gasteiger partial charge in [0, 0.05) is 51.5 Å². The highest BCUT2D eigenvalue weighted by molar-refractivity contribution is 8.18. The highest BCUT2D eigenvalue weighted by Gasteiger charge is 2.26. The van der Waals surface area contributed by atoms with Gasteiger partial charge in [-0.2, -0.15) is 4.98 Å². The van der Waals surface area contributed by atoms with Crippen LogP contribution in [0.25, 0.3) is 6.08 Å². The summed E-state index contributed by atoms with van der Waals surface area (Å²) >= 11 is 0.891. The van der Waals surface area contributed by atoms with E-state index >= 15 is 0 Å². The van der Waals surface area contributed by atoms with Gasteiger partial charge in [-0.25, -0.2) is 4.98 Å². The normalized spacial score (nSPS) is 20.8. The summed E-state index contributed by atoms with van der Waals surface area (Å²) in [5.74, 6) is 1.04. The molecule has 32 heavy (non-hydrogen) atoms. The van der Waals surface area contributed by atoms with Crippen LogP contribution >= 0.6 is 11.8 Å². The molecule has 0 saturated carbocycles. The van der Waals surface area contributed by atoms with Crippen LogP contribution in [0.5, 0.6) is 0 Å². The molecule has 10 nitrogen and oxygen atoms in total. The predicted molar refractivity (Wildman–Crippen MR) is 123 cm³/mol. The molecule has 3 aliphatic rings. The number of pyridine rings is 1. The zero-order valence-corrected chi connectivity index (χ0v) is 18.3. The molecule has 2 amide bonds. The number of nitrogens with zero attached hydrogens (tertiary/aromatic N) is 6. The summed E-state index contributed by atoms with van der Waals surface area (Å²) in [6.07, 6.45) is 5.31. The average molecular weight is 454 g/mol. The van der Waals surface area contributed by atoms with E-state index in [2.05, 4.69) is 31.1 Å². The Kier molecular flexibility index (Phi) is 5.91. The number of nitrogens with one attached hydrogen (secondary N) is 1. The van der Waals surface area contributed by atoms with Crippen molar-refractivity contribution in [3.63, 3.8) is 0 Å². The van der Waals surface area contributed by atoms with E-state index in [9.17, 15) is 9.59 Å². The largest absolute Gasteiger partial charge is 0.378 e. The van der Waals surface area contributed by atoms with E-state index in [0.717, 1.165) is 62.5 Å². The predicted octanol–water partition coefficient (Wildman–Crippen LogP) is 1.36. The second kappa shape index (κ2) is 9.13. The van der Waals surface area contributed by atoms with Gasteiger partial charge < -0.3 is 19.4 Å². The van der Waals surface area contributed by atoms with Gasteiger partial charge in [0.05, 0.1) is 35.7 Å². The Morgan fingerprint density at radius 3 is 2.47 bits per heavy atom. The number of ether oxygens (including phenoxy) is 1. The molecule has 166 valence electrons. The third-order valence-corrected chi connectivity index (χ3v) is 6.36. The van der Waals surface area contributed by atoms with Gasteiger partial charge in [-0.1, -0.05) is 0 Å². The Morgan fingerprint density at radius 1 is 1.00 bits per heavy atom. The topological polar surface area (TPSA) is 104 Å². The van der Waals surface area contributed by atoms with Gasteiger partial charge in [-0.05, 0) is 30.0 Å². The van der Waals surface area contributed by atoms with Crippen molar-refractivity contribution in [3.05, 3.63) is 41.2 Å². The van der Waals surface area contributed by atoms with Crippen LogP contribution in [-0.4, -0.2) is 78.6 Å². The van der Waals surface area contributed by atoms with E-state index in [-0.39, 0.29) is 5.24 Å². The van der Waals surface area contributed by atoms with Crippen LogP contribution < -0.4 is 20.0 Å². The van der Waals surface area contributed by atoms with Crippen LogP contribution in [0, 0.1) is 0 Å². The number of hydrogen-bond acceptors (Lipinski definition) is 10. The highest BCUT2D eigenvalue weighted by atomic mass is 32.2. The highest BCUT2D eigenvalue weighted by Crippen LogP contribution is 2.27. The van der Waals surface area contributed by atoms with Crippen LogP contribution in [0.4, 0.5) is 22.2 Å². The molecule has 2 aromatic heterocycles. The molecule has 0 atom stereocenters. The minimum atomic E-state index is -0.391. The minimum Gasteiger partial charge on any atom is -0.378 e. The van der Waals surface area contributed by atoms with Crippen molar-refractivity contribution >= 4 is 46.4 Å². The third kappa shape index (κ3) is 4.53. The van der Waals surface area contributed by atoms with Gasteiger partial charge in [0.2, 0.25) is 5.95 Å². The number of hydrogen-bond donors (Lipinski definition) is 1. The molecule has 0 unspecified atom stereocenters. The molecule has 0 aromatic carbocycles. The minimum absolute atomic E-state index is 0.342. The summed E-state index contributed by atoms with van der Waals surface area (Å²) in [4.78, 5) is 44.3. The van der Waals surface area contributed by atoms with Crippen molar-refractivity contribution in [1.82, 2.24) is 20.3 Å². The lowest BCUT2D eigenvalue weighted by Gasteiger charge is -2.36. The summed E-state index contributed by atoms with van der Waals surface area (Å²) in [6.45, 7) is 5.99. The first-order valence-corrected chi connectivity index (χ1v) is 11.3. The first-order valence-electron chi connectivity index (χ1n) is 10.5. The fourth-order valence-electron chi connectivity index (χ4n) is 3.87.